The molecule has 2 saturated heterocycles. The van der Waals surface area contributed by atoms with Gasteiger partial charge in [0.1, 0.15) is 17.8 Å². The Morgan fingerprint density at radius 2 is 1.74 bits per heavy atom. The molecule has 0 saturated carbocycles. The molecule has 46 heavy (non-hydrogen) atoms. The van der Waals surface area contributed by atoms with E-state index in [-0.39, 0.29) is 35.4 Å². The zero-order valence-electron chi connectivity index (χ0n) is 27.7. The maximum Gasteiger partial charge on any atom is 0.273 e. The third-order valence-corrected chi connectivity index (χ3v) is 10.5. The van der Waals surface area contributed by atoms with Gasteiger partial charge < -0.3 is 19.9 Å². The molecule has 7 rings (SSSR count). The second-order valence-electron chi connectivity index (χ2n) is 13.9. The molecule has 4 aliphatic rings. The SMILES string of the molecule is CC(C)N1CCC(c2cc3c4ncnc3n(c2=O)CCOCCCCN2CCC(CC2)CC(F)(F)c2cccc(c2)[C@@H](C)N4)CC1. The van der Waals surface area contributed by atoms with E-state index in [1.807, 2.05) is 19.1 Å². The van der Waals surface area contributed by atoms with Crippen LogP contribution in [-0.4, -0.2) is 76.3 Å². The molecule has 1 atom stereocenters. The predicted molar refractivity (Wildman–Crippen MR) is 179 cm³/mol. The van der Waals surface area contributed by atoms with Gasteiger partial charge in [-0.15, -0.1) is 0 Å². The van der Waals surface area contributed by atoms with Crippen molar-refractivity contribution >= 4 is 16.9 Å². The van der Waals surface area contributed by atoms with Gasteiger partial charge in [-0.1, -0.05) is 18.2 Å². The minimum atomic E-state index is -2.89. The number of pyridine rings is 1. The normalized spacial score (nSPS) is 25.7. The van der Waals surface area contributed by atoms with Crippen LogP contribution in [0.4, 0.5) is 14.6 Å². The first-order chi connectivity index (χ1) is 22.2. The highest BCUT2D eigenvalue weighted by molar-refractivity contribution is 5.87. The number of fused-ring (bicyclic) bond motifs is 10. The molecule has 6 heterocycles. The summed E-state index contributed by atoms with van der Waals surface area (Å²) in [5, 5.41) is 4.26. The smallest absolute Gasteiger partial charge is 0.273 e. The van der Waals surface area contributed by atoms with E-state index in [9.17, 15) is 4.79 Å². The standard InChI is InChI=1S/C36H50F2N6O2/c1-25(2)43-16-11-28(12-17-43)31-22-32-33-39-24-40-34(32)44(35(31)45)18-20-46-19-5-4-13-42-14-9-27(10-15-42)23-36(37,38)30-8-6-7-29(21-30)26(3)41-33/h6-8,21-22,24-28H,4-5,9-20,23H2,1-3H3,(H,39,40,41)/t26-/m1/s1. The fraction of sp³-hybridized carbons (Fsp3) is 0.639. The van der Waals surface area contributed by atoms with Gasteiger partial charge in [-0.2, -0.15) is 0 Å². The number of anilines is 1. The molecule has 3 aromatic rings. The molecule has 10 heteroatoms. The minimum absolute atomic E-state index is 0.00964. The van der Waals surface area contributed by atoms with Crippen LogP contribution in [0, 0.1) is 5.92 Å². The molecule has 250 valence electrons. The second-order valence-corrected chi connectivity index (χ2v) is 13.9. The van der Waals surface area contributed by atoms with Crippen molar-refractivity contribution in [3.8, 4) is 0 Å². The summed E-state index contributed by atoms with van der Waals surface area (Å²) in [6.45, 7) is 12.5. The number of likely N-dealkylation sites (tertiary alicyclic amines) is 1. The Labute approximate surface area is 271 Å². The summed E-state index contributed by atoms with van der Waals surface area (Å²) in [6.07, 6.45) is 6.73. The third kappa shape index (κ3) is 7.44. The maximum atomic E-state index is 15.7. The van der Waals surface area contributed by atoms with Crippen LogP contribution in [0.3, 0.4) is 0 Å². The summed E-state index contributed by atoms with van der Waals surface area (Å²) < 4.78 is 39.2. The molecule has 1 N–H and O–H groups in total. The van der Waals surface area contributed by atoms with Gasteiger partial charge in [0.2, 0.25) is 0 Å². The first-order valence-corrected chi connectivity index (χ1v) is 17.4. The van der Waals surface area contributed by atoms with Crippen LogP contribution in [0.25, 0.3) is 11.0 Å². The van der Waals surface area contributed by atoms with E-state index in [2.05, 4.69) is 38.9 Å². The number of alkyl halides is 2. The molecule has 0 unspecified atom stereocenters. The van der Waals surface area contributed by atoms with Crippen molar-refractivity contribution < 1.29 is 13.5 Å². The predicted octanol–water partition coefficient (Wildman–Crippen LogP) is 6.56. The lowest BCUT2D eigenvalue weighted by Crippen LogP contribution is -2.39. The van der Waals surface area contributed by atoms with Gasteiger partial charge >= 0.3 is 0 Å². The number of hydrogen-bond acceptors (Lipinski definition) is 7. The van der Waals surface area contributed by atoms with Crippen LogP contribution in [0.2, 0.25) is 0 Å². The lowest BCUT2D eigenvalue weighted by atomic mass is 9.87. The van der Waals surface area contributed by atoms with Crippen molar-refractivity contribution in [2.24, 2.45) is 5.92 Å². The number of benzene rings is 1. The number of rotatable bonds is 2. The number of hydrogen-bond donors (Lipinski definition) is 1. The first-order valence-electron chi connectivity index (χ1n) is 17.4. The fourth-order valence-corrected chi connectivity index (χ4v) is 7.56. The van der Waals surface area contributed by atoms with Gasteiger partial charge in [0.15, 0.2) is 0 Å². The summed E-state index contributed by atoms with van der Waals surface area (Å²) in [5.74, 6) is -2.14. The highest BCUT2D eigenvalue weighted by atomic mass is 19.3. The molecule has 2 aromatic heterocycles. The van der Waals surface area contributed by atoms with Crippen LogP contribution in [0.1, 0.15) is 94.4 Å². The molecule has 0 amide bonds. The highest BCUT2D eigenvalue weighted by Gasteiger charge is 2.36. The van der Waals surface area contributed by atoms with E-state index in [0.29, 0.717) is 37.3 Å². The summed E-state index contributed by atoms with van der Waals surface area (Å²) in [5.41, 5.74) is 2.18. The zero-order valence-corrected chi connectivity index (χ0v) is 27.7. The topological polar surface area (TPSA) is 75.5 Å². The van der Waals surface area contributed by atoms with Crippen molar-refractivity contribution in [1.29, 1.82) is 0 Å². The molecule has 4 aliphatic heterocycles. The average Bonchev–Trinajstić information content (AvgIpc) is 3.05. The minimum Gasteiger partial charge on any atom is -0.380 e. The molecule has 2 fully saturated rings. The number of piperidine rings is 2. The molecule has 8 bridgehead atoms. The quantitative estimate of drug-likeness (QED) is 0.342. The van der Waals surface area contributed by atoms with Gasteiger partial charge in [0.25, 0.3) is 11.5 Å². The van der Waals surface area contributed by atoms with Gasteiger partial charge in [-0.25, -0.2) is 18.7 Å². The Morgan fingerprint density at radius 1 is 0.957 bits per heavy atom. The van der Waals surface area contributed by atoms with E-state index >= 15 is 8.78 Å². The number of nitrogens with zero attached hydrogens (tertiary/aromatic N) is 5. The van der Waals surface area contributed by atoms with Gasteiger partial charge in [0, 0.05) is 36.2 Å². The molecule has 0 spiro atoms. The zero-order chi connectivity index (χ0) is 32.3. The first kappa shape index (κ1) is 33.0. The fourth-order valence-electron chi connectivity index (χ4n) is 7.56. The van der Waals surface area contributed by atoms with Gasteiger partial charge in [-0.05, 0) is 122 Å². The van der Waals surface area contributed by atoms with E-state index in [4.69, 9.17) is 4.74 Å². The highest BCUT2D eigenvalue weighted by Crippen LogP contribution is 2.39. The van der Waals surface area contributed by atoms with Crippen LogP contribution in [0.15, 0.2) is 41.5 Å². The van der Waals surface area contributed by atoms with Crippen molar-refractivity contribution in [2.45, 2.75) is 96.2 Å². The van der Waals surface area contributed by atoms with Gasteiger partial charge in [-0.3, -0.25) is 9.36 Å². The monoisotopic (exact) mass is 636 g/mol. The summed E-state index contributed by atoms with van der Waals surface area (Å²) in [7, 11) is 0. The molecular weight excluding hydrogens is 586 g/mol. The van der Waals surface area contributed by atoms with Crippen LogP contribution >= 0.6 is 0 Å². The molecular formula is C36H50F2N6O2. The van der Waals surface area contributed by atoms with Crippen LogP contribution < -0.4 is 10.9 Å². The number of nitrogens with one attached hydrogen (secondary N) is 1. The average molecular weight is 637 g/mol. The second kappa shape index (κ2) is 14.4. The molecule has 0 aliphatic carbocycles. The molecule has 8 nitrogen and oxygen atoms in total. The number of ether oxygens (including phenoxy) is 1. The van der Waals surface area contributed by atoms with E-state index in [0.717, 1.165) is 87.8 Å². The van der Waals surface area contributed by atoms with E-state index < -0.39 is 5.92 Å². The van der Waals surface area contributed by atoms with E-state index in [1.165, 1.54) is 6.33 Å². The Bertz CT molecular complexity index is 1530. The van der Waals surface area contributed by atoms with Crippen molar-refractivity contribution in [2.75, 3.05) is 51.3 Å². The van der Waals surface area contributed by atoms with Crippen molar-refractivity contribution in [3.63, 3.8) is 0 Å². The van der Waals surface area contributed by atoms with Gasteiger partial charge in [0.05, 0.1) is 18.5 Å². The Morgan fingerprint density at radius 3 is 2.50 bits per heavy atom. The maximum absolute atomic E-state index is 15.7. The lowest BCUT2D eigenvalue weighted by Gasteiger charge is -2.34. The van der Waals surface area contributed by atoms with Crippen molar-refractivity contribution in [3.05, 3.63) is 63.7 Å². The van der Waals surface area contributed by atoms with Crippen molar-refractivity contribution in [1.82, 2.24) is 24.3 Å². The summed E-state index contributed by atoms with van der Waals surface area (Å²) in [4.78, 5) is 28.1. The third-order valence-electron chi connectivity index (χ3n) is 10.5. The Balaban J connectivity index is 1.35. The number of halogens is 2. The Kier molecular flexibility index (Phi) is 10.3. The molecule has 0 radical (unpaired) electrons. The Hall–Kier alpha value is -2.95. The van der Waals surface area contributed by atoms with Crippen LogP contribution in [-0.2, 0) is 17.2 Å². The molecule has 1 aromatic carbocycles. The number of aromatic nitrogens is 3. The largest absolute Gasteiger partial charge is 0.380 e. The lowest BCUT2D eigenvalue weighted by molar-refractivity contribution is -0.0372. The summed E-state index contributed by atoms with van der Waals surface area (Å²) in [6, 6.07) is 8.98. The van der Waals surface area contributed by atoms with Crippen LogP contribution in [0.5, 0.6) is 0 Å². The van der Waals surface area contributed by atoms with E-state index in [1.54, 1.807) is 22.8 Å². The summed E-state index contributed by atoms with van der Waals surface area (Å²) >= 11 is 0.